The first-order valence-electron chi connectivity index (χ1n) is 9.67. The van der Waals surface area contributed by atoms with E-state index >= 15 is 0 Å². The van der Waals surface area contributed by atoms with Crippen molar-refractivity contribution in [1.82, 2.24) is 4.90 Å². The minimum Gasteiger partial charge on any atom is -0.497 e. The maximum atomic E-state index is 13.0. The summed E-state index contributed by atoms with van der Waals surface area (Å²) in [6, 6.07) is 5.76. The predicted molar refractivity (Wildman–Crippen MR) is 101 cm³/mol. The van der Waals surface area contributed by atoms with E-state index in [4.69, 9.17) is 15.2 Å². The van der Waals surface area contributed by atoms with E-state index in [1.807, 2.05) is 23.1 Å². The molecule has 1 aromatic carbocycles. The van der Waals surface area contributed by atoms with Gasteiger partial charge in [-0.2, -0.15) is 0 Å². The van der Waals surface area contributed by atoms with Crippen LogP contribution in [-0.2, 0) is 9.59 Å². The van der Waals surface area contributed by atoms with Crippen molar-refractivity contribution in [3.63, 3.8) is 0 Å². The van der Waals surface area contributed by atoms with Crippen LogP contribution >= 0.6 is 0 Å². The van der Waals surface area contributed by atoms with E-state index in [1.165, 1.54) is 4.90 Å². The van der Waals surface area contributed by atoms with Gasteiger partial charge in [0.2, 0.25) is 5.91 Å². The van der Waals surface area contributed by atoms with E-state index in [-0.39, 0.29) is 23.8 Å². The summed E-state index contributed by atoms with van der Waals surface area (Å²) in [4.78, 5) is 27.5. The number of amides is 2. The Hall–Kier alpha value is -2.28. The van der Waals surface area contributed by atoms with Gasteiger partial charge >= 0.3 is 0 Å². The fourth-order valence-electron chi connectivity index (χ4n) is 4.29. The lowest BCUT2D eigenvalue weighted by Crippen LogP contribution is -3.14. The number of primary amides is 1. The fourth-order valence-corrected chi connectivity index (χ4v) is 4.29. The molecule has 2 saturated heterocycles. The molecular weight excluding hydrogens is 346 g/mol. The minimum atomic E-state index is -0.217. The number of rotatable bonds is 6. The highest BCUT2D eigenvalue weighted by atomic mass is 16.5. The van der Waals surface area contributed by atoms with E-state index in [1.54, 1.807) is 14.2 Å². The molecule has 2 amide bonds. The van der Waals surface area contributed by atoms with Crippen molar-refractivity contribution < 1.29 is 24.0 Å². The van der Waals surface area contributed by atoms with E-state index in [0.29, 0.717) is 6.54 Å². The first-order valence-corrected chi connectivity index (χ1v) is 9.67. The number of methoxy groups -OCH3 is 2. The summed E-state index contributed by atoms with van der Waals surface area (Å²) < 4.78 is 10.9. The van der Waals surface area contributed by atoms with Crippen molar-refractivity contribution in [2.45, 2.75) is 31.7 Å². The average Bonchev–Trinajstić information content (AvgIpc) is 3.17. The van der Waals surface area contributed by atoms with Crippen LogP contribution in [0.3, 0.4) is 0 Å². The molecule has 1 aromatic rings. The highest BCUT2D eigenvalue weighted by Gasteiger charge is 2.35. The number of nitrogens with one attached hydrogen (secondary N) is 1. The number of likely N-dealkylation sites (tertiary alicyclic amines) is 2. The Morgan fingerprint density at radius 1 is 1.19 bits per heavy atom. The maximum absolute atomic E-state index is 13.0. The van der Waals surface area contributed by atoms with Crippen molar-refractivity contribution in [1.29, 1.82) is 0 Å². The Morgan fingerprint density at radius 2 is 1.93 bits per heavy atom. The highest BCUT2D eigenvalue weighted by molar-refractivity contribution is 5.78. The summed E-state index contributed by atoms with van der Waals surface area (Å²) in [6.45, 7) is 2.87. The molecule has 2 aliphatic heterocycles. The van der Waals surface area contributed by atoms with Gasteiger partial charge < -0.3 is 25.0 Å². The van der Waals surface area contributed by atoms with Crippen LogP contribution in [0.15, 0.2) is 18.2 Å². The summed E-state index contributed by atoms with van der Waals surface area (Å²) in [5.74, 6) is 1.46. The molecule has 1 atom stereocenters. The average molecular weight is 376 g/mol. The molecule has 0 unspecified atom stereocenters. The second-order valence-corrected chi connectivity index (χ2v) is 7.46. The molecule has 0 aromatic heterocycles. The largest absolute Gasteiger partial charge is 0.497 e. The van der Waals surface area contributed by atoms with Crippen LogP contribution in [0.1, 0.15) is 37.3 Å². The number of nitrogens with two attached hydrogens (primary N) is 1. The smallest absolute Gasteiger partial charge is 0.278 e. The van der Waals surface area contributed by atoms with Crippen molar-refractivity contribution in [2.75, 3.05) is 40.4 Å². The van der Waals surface area contributed by atoms with E-state index in [2.05, 4.69) is 0 Å². The summed E-state index contributed by atoms with van der Waals surface area (Å²) in [5, 5.41) is 0. The first-order chi connectivity index (χ1) is 13.0. The van der Waals surface area contributed by atoms with Gasteiger partial charge in [-0.15, -0.1) is 0 Å². The Bertz CT molecular complexity index is 686. The topological polar surface area (TPSA) is 86.3 Å². The van der Waals surface area contributed by atoms with Crippen molar-refractivity contribution in [3.8, 4) is 11.5 Å². The van der Waals surface area contributed by atoms with Gasteiger partial charge in [-0.1, -0.05) is 0 Å². The SMILES string of the molecule is COc1ccc(OC)c([C@H]2CCCN2C(=O)C[NH+]2CCC(C(N)=O)CC2)c1. The van der Waals surface area contributed by atoms with E-state index < -0.39 is 0 Å². The van der Waals surface area contributed by atoms with E-state index in [0.717, 1.165) is 62.4 Å². The molecule has 0 spiro atoms. The normalized spacial score (nSPS) is 25.3. The number of carbonyl (C=O) groups is 2. The zero-order valence-corrected chi connectivity index (χ0v) is 16.2. The molecule has 7 heteroatoms. The molecule has 148 valence electrons. The molecular formula is C20H30N3O4+. The third kappa shape index (κ3) is 4.35. The van der Waals surface area contributed by atoms with Crippen LogP contribution in [-0.4, -0.2) is 57.1 Å². The van der Waals surface area contributed by atoms with Crippen molar-refractivity contribution in [3.05, 3.63) is 23.8 Å². The molecule has 0 saturated carbocycles. The van der Waals surface area contributed by atoms with Gasteiger partial charge in [-0.05, 0) is 31.0 Å². The Kier molecular flexibility index (Phi) is 6.21. The van der Waals surface area contributed by atoms with E-state index in [9.17, 15) is 9.59 Å². The Balaban J connectivity index is 1.68. The number of quaternary nitrogens is 1. The van der Waals surface area contributed by atoms with Crippen LogP contribution in [0.5, 0.6) is 11.5 Å². The third-order valence-corrected chi connectivity index (χ3v) is 5.87. The molecule has 0 bridgehead atoms. The molecule has 7 nitrogen and oxygen atoms in total. The number of hydrogen-bond acceptors (Lipinski definition) is 4. The number of carbonyl (C=O) groups excluding carboxylic acids is 2. The zero-order valence-electron chi connectivity index (χ0n) is 16.2. The van der Waals surface area contributed by atoms with Gasteiger partial charge in [-0.25, -0.2) is 0 Å². The van der Waals surface area contributed by atoms with Gasteiger partial charge in [-0.3, -0.25) is 9.59 Å². The van der Waals surface area contributed by atoms with Crippen LogP contribution in [0.4, 0.5) is 0 Å². The molecule has 3 N–H and O–H groups in total. The van der Waals surface area contributed by atoms with Crippen LogP contribution in [0, 0.1) is 5.92 Å². The maximum Gasteiger partial charge on any atom is 0.278 e. The second kappa shape index (κ2) is 8.61. The standard InChI is InChI=1S/C20H29N3O4/c1-26-15-5-6-18(27-2)16(12-15)17-4-3-9-23(17)19(24)13-22-10-7-14(8-11-22)20(21)25/h5-6,12,14,17H,3-4,7-11,13H2,1-2H3,(H2,21,25)/p+1/t17-/m1/s1. The van der Waals surface area contributed by atoms with Gasteiger partial charge in [0, 0.05) is 30.9 Å². The van der Waals surface area contributed by atoms with Crippen LogP contribution in [0.2, 0.25) is 0 Å². The van der Waals surface area contributed by atoms with Crippen molar-refractivity contribution >= 4 is 11.8 Å². The quantitative estimate of drug-likeness (QED) is 0.740. The molecule has 3 rings (SSSR count). The molecule has 2 aliphatic rings. The number of nitrogens with zero attached hydrogens (tertiary/aromatic N) is 1. The molecule has 0 radical (unpaired) electrons. The lowest BCUT2D eigenvalue weighted by molar-refractivity contribution is -0.898. The number of ether oxygens (including phenoxy) is 2. The van der Waals surface area contributed by atoms with Gasteiger partial charge in [0.05, 0.1) is 33.4 Å². The first kappa shape index (κ1) is 19.5. The lowest BCUT2D eigenvalue weighted by Gasteiger charge is -2.31. The molecule has 0 aliphatic carbocycles. The Labute approximate surface area is 160 Å². The molecule has 27 heavy (non-hydrogen) atoms. The Morgan fingerprint density at radius 3 is 2.56 bits per heavy atom. The molecule has 2 fully saturated rings. The third-order valence-electron chi connectivity index (χ3n) is 5.87. The fraction of sp³-hybridized carbons (Fsp3) is 0.600. The second-order valence-electron chi connectivity index (χ2n) is 7.46. The zero-order chi connectivity index (χ0) is 19.4. The number of piperidine rings is 1. The highest BCUT2D eigenvalue weighted by Crippen LogP contribution is 2.38. The predicted octanol–water partition coefficient (Wildman–Crippen LogP) is 0.148. The van der Waals surface area contributed by atoms with Crippen molar-refractivity contribution in [2.24, 2.45) is 11.7 Å². The van der Waals surface area contributed by atoms with Crippen LogP contribution < -0.4 is 20.1 Å². The van der Waals surface area contributed by atoms with Gasteiger partial charge in [0.15, 0.2) is 6.54 Å². The number of benzene rings is 1. The summed E-state index contributed by atoms with van der Waals surface area (Å²) in [7, 11) is 3.29. The van der Waals surface area contributed by atoms with Gasteiger partial charge in [0.1, 0.15) is 11.5 Å². The number of hydrogen-bond donors (Lipinski definition) is 2. The van der Waals surface area contributed by atoms with Gasteiger partial charge in [0.25, 0.3) is 5.91 Å². The lowest BCUT2D eigenvalue weighted by atomic mass is 9.96. The summed E-state index contributed by atoms with van der Waals surface area (Å²) in [5.41, 5.74) is 6.41. The molecule has 2 heterocycles. The summed E-state index contributed by atoms with van der Waals surface area (Å²) >= 11 is 0. The summed E-state index contributed by atoms with van der Waals surface area (Å²) in [6.07, 6.45) is 3.44. The van der Waals surface area contributed by atoms with Crippen LogP contribution in [0.25, 0.3) is 0 Å². The monoisotopic (exact) mass is 376 g/mol. The minimum absolute atomic E-state index is 0.0186.